The zero-order valence-corrected chi connectivity index (χ0v) is 18.9. The van der Waals surface area contributed by atoms with Crippen molar-refractivity contribution < 1.29 is 9.47 Å². The molecule has 0 saturated carbocycles. The Balaban J connectivity index is 0.00000280. The van der Waals surface area contributed by atoms with E-state index in [0.29, 0.717) is 5.92 Å². The molecular formula is C22H30IN3O2. The molecule has 0 saturated heterocycles. The smallest absolute Gasteiger partial charge is 0.191 e. The van der Waals surface area contributed by atoms with Crippen molar-refractivity contribution in [3.8, 4) is 11.5 Å². The molecule has 6 heteroatoms. The summed E-state index contributed by atoms with van der Waals surface area (Å²) in [6.45, 7) is 5.29. The summed E-state index contributed by atoms with van der Waals surface area (Å²) in [4.78, 5) is 4.81. The molecule has 0 spiro atoms. The van der Waals surface area contributed by atoms with E-state index in [9.17, 15) is 0 Å². The maximum atomic E-state index is 5.75. The van der Waals surface area contributed by atoms with Crippen LogP contribution in [-0.4, -0.2) is 39.3 Å². The van der Waals surface area contributed by atoms with Crippen LogP contribution in [0.15, 0.2) is 53.5 Å². The summed E-state index contributed by atoms with van der Waals surface area (Å²) in [5, 5.41) is 6.78. The van der Waals surface area contributed by atoms with Crippen LogP contribution in [0.5, 0.6) is 11.5 Å². The molecule has 1 aliphatic heterocycles. The lowest BCUT2D eigenvalue weighted by molar-refractivity contribution is 0.269. The number of rotatable bonds is 7. The third-order valence-electron chi connectivity index (χ3n) is 4.76. The topological polar surface area (TPSA) is 54.9 Å². The van der Waals surface area contributed by atoms with E-state index in [1.54, 1.807) is 7.11 Å². The van der Waals surface area contributed by atoms with Crippen molar-refractivity contribution in [1.29, 1.82) is 0 Å². The maximum absolute atomic E-state index is 5.75. The number of para-hydroxylation sites is 1. The Labute approximate surface area is 184 Å². The number of guanidine groups is 1. The molecule has 152 valence electrons. The first-order valence-electron chi connectivity index (χ1n) is 9.67. The van der Waals surface area contributed by atoms with E-state index in [1.807, 2.05) is 24.3 Å². The van der Waals surface area contributed by atoms with E-state index in [2.05, 4.69) is 41.8 Å². The van der Waals surface area contributed by atoms with Crippen LogP contribution in [0.4, 0.5) is 0 Å². The molecule has 2 N–H and O–H groups in total. The van der Waals surface area contributed by atoms with Crippen LogP contribution in [0.25, 0.3) is 0 Å². The van der Waals surface area contributed by atoms with Gasteiger partial charge < -0.3 is 20.1 Å². The van der Waals surface area contributed by atoms with Crippen LogP contribution < -0.4 is 20.1 Å². The highest BCUT2D eigenvalue weighted by molar-refractivity contribution is 14.0. The van der Waals surface area contributed by atoms with E-state index < -0.39 is 0 Å². The van der Waals surface area contributed by atoms with E-state index in [0.717, 1.165) is 56.5 Å². The van der Waals surface area contributed by atoms with Crippen molar-refractivity contribution >= 4 is 29.9 Å². The zero-order valence-electron chi connectivity index (χ0n) is 16.6. The zero-order chi connectivity index (χ0) is 18.9. The van der Waals surface area contributed by atoms with Crippen molar-refractivity contribution in [1.82, 2.24) is 10.6 Å². The molecule has 0 aromatic heterocycles. The standard InChI is InChI=1S/C22H29N3O2.HI/c1-3-23-22(24-14-12-17-8-10-19(26-2)11-9-17)25-16-18-13-15-27-21-7-5-4-6-20(18)21;/h4-11,18H,3,12-16H2,1-2H3,(H2,23,24,25);1H. The van der Waals surface area contributed by atoms with E-state index in [4.69, 9.17) is 14.5 Å². The molecule has 2 aromatic carbocycles. The second-order valence-corrected chi connectivity index (χ2v) is 6.62. The summed E-state index contributed by atoms with van der Waals surface area (Å²) < 4.78 is 11.0. The lowest BCUT2D eigenvalue weighted by Crippen LogP contribution is -2.38. The monoisotopic (exact) mass is 495 g/mol. The molecule has 0 amide bonds. The molecule has 0 fully saturated rings. The number of benzene rings is 2. The minimum Gasteiger partial charge on any atom is -0.497 e. The van der Waals surface area contributed by atoms with Gasteiger partial charge in [0.05, 0.1) is 13.7 Å². The molecule has 1 aliphatic rings. The van der Waals surface area contributed by atoms with Gasteiger partial charge in [-0.05, 0) is 49.1 Å². The average molecular weight is 495 g/mol. The lowest BCUT2D eigenvalue weighted by Gasteiger charge is -2.25. The van der Waals surface area contributed by atoms with Gasteiger partial charge in [-0.25, -0.2) is 0 Å². The fourth-order valence-corrected chi connectivity index (χ4v) is 3.27. The van der Waals surface area contributed by atoms with Crippen molar-refractivity contribution in [2.75, 3.05) is 33.4 Å². The highest BCUT2D eigenvalue weighted by Gasteiger charge is 2.20. The molecule has 1 unspecified atom stereocenters. The SMILES string of the molecule is CCNC(=NCC1CCOc2ccccc21)NCCc1ccc(OC)cc1.I. The van der Waals surface area contributed by atoms with Crippen LogP contribution in [0, 0.1) is 0 Å². The molecule has 1 atom stereocenters. The van der Waals surface area contributed by atoms with Crippen molar-refractivity contribution in [3.05, 3.63) is 59.7 Å². The highest BCUT2D eigenvalue weighted by Crippen LogP contribution is 2.33. The summed E-state index contributed by atoms with van der Waals surface area (Å²) in [6.07, 6.45) is 1.94. The predicted octanol–water partition coefficient (Wildman–Crippen LogP) is 3.98. The number of nitrogens with zero attached hydrogens (tertiary/aromatic N) is 1. The minimum absolute atomic E-state index is 0. The summed E-state index contributed by atoms with van der Waals surface area (Å²) >= 11 is 0. The number of methoxy groups -OCH3 is 1. The molecule has 5 nitrogen and oxygen atoms in total. The Morgan fingerprint density at radius 1 is 1.14 bits per heavy atom. The number of hydrogen-bond donors (Lipinski definition) is 2. The summed E-state index contributed by atoms with van der Waals surface area (Å²) in [7, 11) is 1.69. The van der Waals surface area contributed by atoms with Gasteiger partial charge in [-0.3, -0.25) is 4.99 Å². The lowest BCUT2D eigenvalue weighted by atomic mass is 9.93. The van der Waals surface area contributed by atoms with Gasteiger partial charge in [-0.15, -0.1) is 24.0 Å². The van der Waals surface area contributed by atoms with Crippen molar-refractivity contribution in [3.63, 3.8) is 0 Å². The first kappa shape index (κ1) is 22.3. The van der Waals surface area contributed by atoms with E-state index in [1.165, 1.54) is 11.1 Å². The van der Waals surface area contributed by atoms with Gasteiger partial charge in [0, 0.05) is 25.6 Å². The van der Waals surface area contributed by atoms with E-state index >= 15 is 0 Å². The van der Waals surface area contributed by atoms with Crippen LogP contribution in [0.2, 0.25) is 0 Å². The Morgan fingerprint density at radius 2 is 1.93 bits per heavy atom. The number of hydrogen-bond acceptors (Lipinski definition) is 3. The minimum atomic E-state index is 0. The molecule has 1 heterocycles. The maximum Gasteiger partial charge on any atom is 0.191 e. The third kappa shape index (κ3) is 6.29. The van der Waals surface area contributed by atoms with Crippen molar-refractivity contribution in [2.45, 2.75) is 25.7 Å². The Bertz CT molecular complexity index is 750. The van der Waals surface area contributed by atoms with Crippen molar-refractivity contribution in [2.24, 2.45) is 4.99 Å². The average Bonchev–Trinajstić information content (AvgIpc) is 2.72. The summed E-state index contributed by atoms with van der Waals surface area (Å²) in [5.74, 6) is 3.17. The molecule has 0 radical (unpaired) electrons. The largest absolute Gasteiger partial charge is 0.497 e. The van der Waals surface area contributed by atoms with Gasteiger partial charge in [0.25, 0.3) is 0 Å². The van der Waals surface area contributed by atoms with Gasteiger partial charge >= 0.3 is 0 Å². The normalized spacial score (nSPS) is 15.6. The van der Waals surface area contributed by atoms with Gasteiger partial charge in [-0.2, -0.15) is 0 Å². The number of nitrogens with one attached hydrogen (secondary N) is 2. The predicted molar refractivity (Wildman–Crippen MR) is 125 cm³/mol. The summed E-state index contributed by atoms with van der Waals surface area (Å²) in [5.41, 5.74) is 2.54. The molecular weight excluding hydrogens is 465 g/mol. The molecule has 0 aliphatic carbocycles. The van der Waals surface area contributed by atoms with Crippen LogP contribution in [-0.2, 0) is 6.42 Å². The fourth-order valence-electron chi connectivity index (χ4n) is 3.27. The molecule has 28 heavy (non-hydrogen) atoms. The third-order valence-corrected chi connectivity index (χ3v) is 4.76. The first-order valence-corrected chi connectivity index (χ1v) is 9.67. The van der Waals surface area contributed by atoms with Crippen LogP contribution in [0.1, 0.15) is 30.4 Å². The van der Waals surface area contributed by atoms with Crippen LogP contribution in [0.3, 0.4) is 0 Å². The Morgan fingerprint density at radius 3 is 2.68 bits per heavy atom. The fraction of sp³-hybridized carbons (Fsp3) is 0.409. The molecule has 2 aromatic rings. The number of fused-ring (bicyclic) bond motifs is 1. The number of ether oxygens (including phenoxy) is 2. The van der Waals surface area contributed by atoms with Gasteiger partial charge in [0.1, 0.15) is 11.5 Å². The second-order valence-electron chi connectivity index (χ2n) is 6.62. The number of aliphatic imine (C=N–C) groups is 1. The van der Waals surface area contributed by atoms with Gasteiger partial charge in [-0.1, -0.05) is 30.3 Å². The van der Waals surface area contributed by atoms with Gasteiger partial charge in [0.15, 0.2) is 5.96 Å². The highest BCUT2D eigenvalue weighted by atomic mass is 127. The first-order chi connectivity index (χ1) is 13.3. The molecule has 0 bridgehead atoms. The van der Waals surface area contributed by atoms with Gasteiger partial charge in [0.2, 0.25) is 0 Å². The summed E-state index contributed by atoms with van der Waals surface area (Å²) in [6, 6.07) is 16.5. The molecule has 3 rings (SSSR count). The quantitative estimate of drug-likeness (QED) is 0.347. The Hall–Kier alpha value is -1.96. The van der Waals surface area contributed by atoms with Crippen LogP contribution >= 0.6 is 24.0 Å². The second kappa shape index (κ2) is 11.8. The van der Waals surface area contributed by atoms with E-state index in [-0.39, 0.29) is 24.0 Å². The number of halogens is 1. The Kier molecular flexibility index (Phi) is 9.40.